The van der Waals surface area contributed by atoms with Gasteiger partial charge in [0.25, 0.3) is 0 Å². The first-order valence-electron chi connectivity index (χ1n) is 5.06. The summed E-state index contributed by atoms with van der Waals surface area (Å²) in [5.74, 6) is 0.197. The van der Waals surface area contributed by atoms with Crippen molar-refractivity contribution in [3.63, 3.8) is 0 Å². The van der Waals surface area contributed by atoms with Crippen LogP contribution < -0.4 is 0 Å². The molecular formula is C12H13ClO2S. The first-order valence-corrected chi connectivity index (χ1v) is 6.25. The van der Waals surface area contributed by atoms with Gasteiger partial charge in [-0.2, -0.15) is 0 Å². The van der Waals surface area contributed by atoms with E-state index in [1.165, 1.54) is 11.3 Å². The standard InChI is InChI=1S/C12H13ClO2S/c1-6-4-8(13)16-10(6)9-7(14)5-12(2,3)11(9)15/h4,15H,5H2,1-3H3. The lowest BCUT2D eigenvalue weighted by Gasteiger charge is -2.15. The summed E-state index contributed by atoms with van der Waals surface area (Å²) in [6.45, 7) is 5.64. The van der Waals surface area contributed by atoms with Crippen molar-refractivity contribution in [1.82, 2.24) is 0 Å². The van der Waals surface area contributed by atoms with E-state index < -0.39 is 5.41 Å². The van der Waals surface area contributed by atoms with E-state index in [2.05, 4.69) is 0 Å². The molecular weight excluding hydrogens is 244 g/mol. The molecule has 16 heavy (non-hydrogen) atoms. The van der Waals surface area contributed by atoms with Crippen molar-refractivity contribution >= 4 is 34.3 Å². The van der Waals surface area contributed by atoms with Crippen LogP contribution in [-0.4, -0.2) is 10.9 Å². The smallest absolute Gasteiger partial charge is 0.168 e. The van der Waals surface area contributed by atoms with Crippen LogP contribution in [-0.2, 0) is 4.79 Å². The summed E-state index contributed by atoms with van der Waals surface area (Å²) in [4.78, 5) is 12.7. The van der Waals surface area contributed by atoms with Gasteiger partial charge in [0.15, 0.2) is 5.78 Å². The lowest BCUT2D eigenvalue weighted by molar-refractivity contribution is -0.114. The number of hydrogen-bond donors (Lipinski definition) is 1. The zero-order valence-electron chi connectivity index (χ0n) is 9.43. The monoisotopic (exact) mass is 256 g/mol. The molecule has 0 spiro atoms. The number of aliphatic hydroxyl groups is 1. The van der Waals surface area contributed by atoms with Crippen LogP contribution in [0, 0.1) is 12.3 Å². The molecule has 1 heterocycles. The molecule has 0 atom stereocenters. The largest absolute Gasteiger partial charge is 0.511 e. The zero-order valence-corrected chi connectivity index (χ0v) is 11.0. The fraction of sp³-hybridized carbons (Fsp3) is 0.417. The Kier molecular flexibility index (Phi) is 2.63. The van der Waals surface area contributed by atoms with Crippen molar-refractivity contribution in [2.24, 2.45) is 5.41 Å². The van der Waals surface area contributed by atoms with Crippen molar-refractivity contribution in [1.29, 1.82) is 0 Å². The Morgan fingerprint density at radius 2 is 2.12 bits per heavy atom. The number of carbonyl (C=O) groups is 1. The molecule has 1 aromatic heterocycles. The maximum absolute atomic E-state index is 11.9. The lowest BCUT2D eigenvalue weighted by atomic mass is 9.91. The van der Waals surface area contributed by atoms with E-state index in [9.17, 15) is 9.90 Å². The molecule has 0 saturated carbocycles. The fourth-order valence-electron chi connectivity index (χ4n) is 1.97. The quantitative estimate of drug-likeness (QED) is 0.825. The number of thiophene rings is 1. The third kappa shape index (κ3) is 1.68. The third-order valence-electron chi connectivity index (χ3n) is 2.87. The lowest BCUT2D eigenvalue weighted by Crippen LogP contribution is -2.10. The van der Waals surface area contributed by atoms with Crippen LogP contribution in [0.3, 0.4) is 0 Å². The summed E-state index contributed by atoms with van der Waals surface area (Å²) in [6.07, 6.45) is 0.364. The Bertz CT molecular complexity index is 497. The molecule has 1 aromatic rings. The highest BCUT2D eigenvalue weighted by atomic mass is 35.5. The minimum atomic E-state index is -0.449. The van der Waals surface area contributed by atoms with E-state index >= 15 is 0 Å². The molecule has 0 amide bonds. The molecule has 0 radical (unpaired) electrons. The van der Waals surface area contributed by atoms with Crippen LogP contribution >= 0.6 is 22.9 Å². The Labute approximate surface area is 104 Å². The second-order valence-corrected chi connectivity index (χ2v) is 6.45. The van der Waals surface area contributed by atoms with Crippen LogP contribution in [0.5, 0.6) is 0 Å². The van der Waals surface area contributed by atoms with Gasteiger partial charge in [0.05, 0.1) is 9.91 Å². The van der Waals surface area contributed by atoms with Gasteiger partial charge in [-0.3, -0.25) is 4.79 Å². The SMILES string of the molecule is Cc1cc(Cl)sc1C1=C(O)C(C)(C)CC1=O. The van der Waals surface area contributed by atoms with Crippen LogP contribution in [0.4, 0.5) is 0 Å². The Morgan fingerprint density at radius 1 is 1.50 bits per heavy atom. The minimum Gasteiger partial charge on any atom is -0.511 e. The molecule has 0 bridgehead atoms. The number of ketones is 1. The van der Waals surface area contributed by atoms with Gasteiger partial charge in [-0.15, -0.1) is 11.3 Å². The maximum Gasteiger partial charge on any atom is 0.168 e. The van der Waals surface area contributed by atoms with Gasteiger partial charge < -0.3 is 5.11 Å². The second-order valence-electron chi connectivity index (χ2n) is 4.77. The predicted octanol–water partition coefficient (Wildman–Crippen LogP) is 3.98. The number of halogens is 1. The highest BCUT2D eigenvalue weighted by Crippen LogP contribution is 2.45. The van der Waals surface area contributed by atoms with E-state index in [4.69, 9.17) is 11.6 Å². The van der Waals surface area contributed by atoms with E-state index in [1.807, 2.05) is 26.8 Å². The van der Waals surface area contributed by atoms with Crippen LogP contribution in [0.1, 0.15) is 30.7 Å². The molecule has 86 valence electrons. The second kappa shape index (κ2) is 3.60. The van der Waals surface area contributed by atoms with Crippen LogP contribution in [0.2, 0.25) is 4.34 Å². The third-order valence-corrected chi connectivity index (χ3v) is 4.26. The number of hydrogen-bond acceptors (Lipinski definition) is 3. The summed E-state index contributed by atoms with van der Waals surface area (Å²) < 4.78 is 0.644. The van der Waals surface area contributed by atoms with E-state index in [0.717, 1.165) is 10.4 Å². The molecule has 4 heteroatoms. The topological polar surface area (TPSA) is 37.3 Å². The van der Waals surface area contributed by atoms with Crippen LogP contribution in [0.15, 0.2) is 11.8 Å². The molecule has 0 unspecified atom stereocenters. The van der Waals surface area contributed by atoms with Crippen molar-refractivity contribution in [2.45, 2.75) is 27.2 Å². The predicted molar refractivity (Wildman–Crippen MR) is 67.0 cm³/mol. The summed E-state index contributed by atoms with van der Waals surface area (Å²) in [7, 11) is 0. The van der Waals surface area contributed by atoms with Crippen LogP contribution in [0.25, 0.3) is 5.57 Å². The van der Waals surface area contributed by atoms with Crippen molar-refractivity contribution in [2.75, 3.05) is 0 Å². The molecule has 1 aliphatic carbocycles. The molecule has 0 fully saturated rings. The molecule has 0 aliphatic heterocycles. The average Bonchev–Trinajstić information content (AvgIpc) is 2.53. The summed E-state index contributed by atoms with van der Waals surface area (Å²) in [5, 5.41) is 10.1. The van der Waals surface area contributed by atoms with Gasteiger partial charge in [-0.25, -0.2) is 0 Å². The first kappa shape index (κ1) is 11.7. The number of carbonyl (C=O) groups excluding carboxylic acids is 1. The highest BCUT2D eigenvalue weighted by molar-refractivity contribution is 7.17. The van der Waals surface area contributed by atoms with E-state index in [-0.39, 0.29) is 11.5 Å². The molecule has 1 aliphatic rings. The Hall–Kier alpha value is -0.800. The number of aliphatic hydroxyl groups excluding tert-OH is 1. The van der Waals surface area contributed by atoms with Gasteiger partial charge in [0.2, 0.25) is 0 Å². The normalized spacial score (nSPS) is 19.6. The molecule has 2 rings (SSSR count). The molecule has 2 nitrogen and oxygen atoms in total. The number of allylic oxidation sites excluding steroid dienone is 2. The molecule has 1 N–H and O–H groups in total. The Morgan fingerprint density at radius 3 is 2.50 bits per heavy atom. The fourth-order valence-corrected chi connectivity index (χ4v) is 3.33. The molecule has 0 aromatic carbocycles. The maximum atomic E-state index is 11.9. The minimum absolute atomic E-state index is 0.00381. The van der Waals surface area contributed by atoms with Gasteiger partial charge in [0, 0.05) is 16.7 Å². The Balaban J connectivity index is 2.60. The number of rotatable bonds is 1. The van der Waals surface area contributed by atoms with E-state index in [0.29, 0.717) is 16.3 Å². The summed E-state index contributed by atoms with van der Waals surface area (Å²) in [6, 6.07) is 1.82. The van der Waals surface area contributed by atoms with E-state index in [1.54, 1.807) is 0 Å². The van der Waals surface area contributed by atoms with Gasteiger partial charge in [0.1, 0.15) is 5.76 Å². The molecule has 0 saturated heterocycles. The van der Waals surface area contributed by atoms with Gasteiger partial charge in [-0.05, 0) is 18.6 Å². The summed E-state index contributed by atoms with van der Waals surface area (Å²) >= 11 is 7.26. The number of aryl methyl sites for hydroxylation is 1. The number of Topliss-reactive ketones (excluding diaryl/α,β-unsaturated/α-hetero) is 1. The zero-order chi connectivity index (χ0) is 12.1. The van der Waals surface area contributed by atoms with Gasteiger partial charge in [-0.1, -0.05) is 25.4 Å². The van der Waals surface area contributed by atoms with Crippen molar-refractivity contribution in [3.05, 3.63) is 26.6 Å². The highest BCUT2D eigenvalue weighted by Gasteiger charge is 2.40. The van der Waals surface area contributed by atoms with Gasteiger partial charge >= 0.3 is 0 Å². The average molecular weight is 257 g/mol. The van der Waals surface area contributed by atoms with Crippen molar-refractivity contribution < 1.29 is 9.90 Å². The van der Waals surface area contributed by atoms with Crippen molar-refractivity contribution in [3.8, 4) is 0 Å². The first-order chi connectivity index (χ1) is 7.33. The summed E-state index contributed by atoms with van der Waals surface area (Å²) in [5.41, 5.74) is 0.956.